The molecule has 132 valence electrons. The summed E-state index contributed by atoms with van der Waals surface area (Å²) in [5, 5.41) is 24.1. The molecule has 0 unspecified atom stereocenters. The van der Waals surface area contributed by atoms with Crippen LogP contribution in [0.1, 0.15) is 47.8 Å². The zero-order valence-electron chi connectivity index (χ0n) is 15.0. The van der Waals surface area contributed by atoms with Gasteiger partial charge in [-0.05, 0) is 36.5 Å². The lowest BCUT2D eigenvalue weighted by molar-refractivity contribution is -0.384. The minimum atomic E-state index is -0.485. The van der Waals surface area contributed by atoms with Crippen molar-refractivity contribution in [2.75, 3.05) is 5.32 Å². The van der Waals surface area contributed by atoms with Gasteiger partial charge in [-0.2, -0.15) is 0 Å². The molecule has 1 amide bonds. The van der Waals surface area contributed by atoms with Crippen LogP contribution in [0, 0.1) is 24.0 Å². The van der Waals surface area contributed by atoms with Crippen LogP contribution in [0.15, 0.2) is 30.3 Å². The molecule has 0 aliphatic carbocycles. The molecule has 2 aromatic rings. The Morgan fingerprint density at radius 1 is 1.12 bits per heavy atom. The normalized spacial score (nSPS) is 11.2. The first-order valence-corrected chi connectivity index (χ1v) is 7.92. The van der Waals surface area contributed by atoms with E-state index in [4.69, 9.17) is 0 Å². The summed E-state index contributed by atoms with van der Waals surface area (Å²) in [6.45, 7) is 9.31. The maximum atomic E-state index is 12.7. The number of anilines is 1. The predicted octanol–water partition coefficient (Wildman–Crippen LogP) is 4.47. The molecule has 0 aliphatic heterocycles. The molecular weight excluding hydrogens is 320 g/mol. The molecule has 0 aromatic heterocycles. The number of hydrogen-bond acceptors (Lipinski definition) is 4. The number of nitrogens with one attached hydrogen (secondary N) is 1. The lowest BCUT2D eigenvalue weighted by atomic mass is 9.84. The van der Waals surface area contributed by atoms with Gasteiger partial charge >= 0.3 is 0 Å². The van der Waals surface area contributed by atoms with Gasteiger partial charge in [0.1, 0.15) is 5.75 Å². The topological polar surface area (TPSA) is 92.5 Å². The van der Waals surface area contributed by atoms with E-state index in [9.17, 15) is 20.0 Å². The van der Waals surface area contributed by atoms with Crippen molar-refractivity contribution in [3.63, 3.8) is 0 Å². The van der Waals surface area contributed by atoms with E-state index in [1.807, 2.05) is 26.8 Å². The summed E-state index contributed by atoms with van der Waals surface area (Å²) in [5.74, 6) is -0.484. The third kappa shape index (κ3) is 3.79. The second-order valence-electron chi connectivity index (χ2n) is 7.11. The number of aryl methyl sites for hydroxylation is 2. The van der Waals surface area contributed by atoms with Gasteiger partial charge in [0, 0.05) is 23.4 Å². The highest BCUT2D eigenvalue weighted by molar-refractivity contribution is 6.07. The fourth-order valence-corrected chi connectivity index (χ4v) is 2.67. The zero-order chi connectivity index (χ0) is 18.9. The Balaban J connectivity index is 2.41. The fraction of sp³-hybridized carbons (Fsp3) is 0.316. The first kappa shape index (κ1) is 18.4. The van der Waals surface area contributed by atoms with E-state index in [2.05, 4.69) is 5.32 Å². The molecule has 2 rings (SSSR count). The zero-order valence-corrected chi connectivity index (χ0v) is 15.0. The Bertz CT molecular complexity index is 851. The first-order chi connectivity index (χ1) is 11.5. The van der Waals surface area contributed by atoms with Gasteiger partial charge in [0.15, 0.2) is 0 Å². The van der Waals surface area contributed by atoms with Gasteiger partial charge in [-0.15, -0.1) is 0 Å². The Labute approximate surface area is 146 Å². The van der Waals surface area contributed by atoms with Gasteiger partial charge in [0.05, 0.1) is 10.5 Å². The second kappa shape index (κ2) is 6.55. The highest BCUT2D eigenvalue weighted by Crippen LogP contribution is 2.35. The maximum Gasteiger partial charge on any atom is 0.269 e. The molecule has 6 heteroatoms. The highest BCUT2D eigenvalue weighted by Gasteiger charge is 2.24. The smallest absolute Gasteiger partial charge is 0.269 e. The summed E-state index contributed by atoms with van der Waals surface area (Å²) in [6, 6.07) is 7.84. The van der Waals surface area contributed by atoms with Gasteiger partial charge in [0.2, 0.25) is 0 Å². The lowest BCUT2D eigenvalue weighted by Crippen LogP contribution is -2.18. The molecule has 2 N–H and O–H groups in total. The van der Waals surface area contributed by atoms with E-state index in [0.29, 0.717) is 22.4 Å². The number of aromatic hydroxyl groups is 1. The number of phenolic OH excluding ortho intramolecular Hbond substituents is 1. The van der Waals surface area contributed by atoms with Gasteiger partial charge in [-0.25, -0.2) is 0 Å². The largest absolute Gasteiger partial charge is 0.507 e. The quantitative estimate of drug-likeness (QED) is 0.636. The standard InChI is InChI=1S/C19H22N2O4/c1-11-6-8-14(19(3,4)5)17(22)16(11)18(23)20-15-9-7-13(21(24)25)10-12(15)2/h6-10,22H,1-5H3,(H,20,23). The molecule has 25 heavy (non-hydrogen) atoms. The molecule has 0 spiro atoms. The fourth-order valence-electron chi connectivity index (χ4n) is 2.67. The van der Waals surface area contributed by atoms with Crippen molar-refractivity contribution >= 4 is 17.3 Å². The average Bonchev–Trinajstić information content (AvgIpc) is 2.47. The van der Waals surface area contributed by atoms with Crippen molar-refractivity contribution in [3.05, 3.63) is 62.7 Å². The van der Waals surface area contributed by atoms with Crippen LogP contribution in [0.25, 0.3) is 0 Å². The van der Waals surface area contributed by atoms with Gasteiger partial charge in [0.25, 0.3) is 11.6 Å². The molecule has 6 nitrogen and oxygen atoms in total. The highest BCUT2D eigenvalue weighted by atomic mass is 16.6. The maximum absolute atomic E-state index is 12.7. The Hall–Kier alpha value is -2.89. The van der Waals surface area contributed by atoms with Crippen molar-refractivity contribution in [3.8, 4) is 5.75 Å². The molecule has 0 atom stereocenters. The van der Waals surface area contributed by atoms with Crippen LogP contribution < -0.4 is 5.32 Å². The van der Waals surface area contributed by atoms with Crippen LogP contribution in [0.5, 0.6) is 5.75 Å². The average molecular weight is 342 g/mol. The minimum Gasteiger partial charge on any atom is -0.507 e. The van der Waals surface area contributed by atoms with Crippen molar-refractivity contribution in [1.82, 2.24) is 0 Å². The molecule has 0 saturated carbocycles. The van der Waals surface area contributed by atoms with E-state index in [0.717, 1.165) is 0 Å². The summed E-state index contributed by atoms with van der Waals surface area (Å²) in [5.41, 5.74) is 2.25. The predicted molar refractivity (Wildman–Crippen MR) is 97.3 cm³/mol. The summed E-state index contributed by atoms with van der Waals surface area (Å²) in [4.78, 5) is 23.0. The van der Waals surface area contributed by atoms with Crippen molar-refractivity contribution < 1.29 is 14.8 Å². The molecule has 0 heterocycles. The summed E-state index contributed by atoms with van der Waals surface area (Å²) in [6.07, 6.45) is 0. The van der Waals surface area contributed by atoms with Gasteiger partial charge in [-0.1, -0.05) is 32.9 Å². The van der Waals surface area contributed by atoms with Crippen LogP contribution in [-0.2, 0) is 5.41 Å². The third-order valence-electron chi connectivity index (χ3n) is 4.09. The van der Waals surface area contributed by atoms with Crippen molar-refractivity contribution in [2.45, 2.75) is 40.0 Å². The molecule has 0 bridgehead atoms. The molecule has 0 fully saturated rings. The summed E-state index contributed by atoms with van der Waals surface area (Å²) >= 11 is 0. The lowest BCUT2D eigenvalue weighted by Gasteiger charge is -2.22. The first-order valence-electron chi connectivity index (χ1n) is 7.92. The Morgan fingerprint density at radius 3 is 2.28 bits per heavy atom. The van der Waals surface area contributed by atoms with Crippen LogP contribution in [0.4, 0.5) is 11.4 Å². The Kier molecular flexibility index (Phi) is 4.83. The van der Waals surface area contributed by atoms with Gasteiger partial charge in [-0.3, -0.25) is 14.9 Å². The number of nitrogens with zero attached hydrogens (tertiary/aromatic N) is 1. The van der Waals surface area contributed by atoms with Crippen LogP contribution in [0.3, 0.4) is 0 Å². The molecule has 0 aliphatic rings. The van der Waals surface area contributed by atoms with Crippen molar-refractivity contribution in [1.29, 1.82) is 0 Å². The number of amides is 1. The number of nitro benzene ring substituents is 1. The van der Waals surface area contributed by atoms with Crippen LogP contribution in [0.2, 0.25) is 0 Å². The summed E-state index contributed by atoms with van der Waals surface area (Å²) < 4.78 is 0. The number of rotatable bonds is 3. The van der Waals surface area contributed by atoms with E-state index in [1.54, 1.807) is 19.9 Å². The van der Waals surface area contributed by atoms with E-state index in [-0.39, 0.29) is 22.4 Å². The number of carbonyl (C=O) groups excluding carboxylic acids is 1. The number of carbonyl (C=O) groups is 1. The molecule has 2 aromatic carbocycles. The minimum absolute atomic E-state index is 0.0374. The van der Waals surface area contributed by atoms with Crippen molar-refractivity contribution in [2.24, 2.45) is 0 Å². The number of non-ortho nitro benzene ring substituents is 1. The number of hydrogen-bond donors (Lipinski definition) is 2. The molecule has 0 saturated heterocycles. The van der Waals surface area contributed by atoms with Crippen LogP contribution >= 0.6 is 0 Å². The number of phenols is 1. The van der Waals surface area contributed by atoms with E-state index < -0.39 is 10.8 Å². The molecular formula is C19H22N2O4. The summed E-state index contributed by atoms with van der Waals surface area (Å²) in [7, 11) is 0. The SMILES string of the molecule is Cc1cc([N+](=O)[O-])ccc1NC(=O)c1c(C)ccc(C(C)(C)C)c1O. The number of nitro groups is 1. The third-order valence-corrected chi connectivity index (χ3v) is 4.09. The molecule has 0 radical (unpaired) electrons. The van der Waals surface area contributed by atoms with E-state index >= 15 is 0 Å². The monoisotopic (exact) mass is 342 g/mol. The van der Waals surface area contributed by atoms with Gasteiger partial charge < -0.3 is 10.4 Å². The van der Waals surface area contributed by atoms with Crippen LogP contribution in [-0.4, -0.2) is 15.9 Å². The number of benzene rings is 2. The second-order valence-corrected chi connectivity index (χ2v) is 7.11. The Morgan fingerprint density at radius 2 is 1.76 bits per heavy atom. The van der Waals surface area contributed by atoms with E-state index in [1.165, 1.54) is 18.2 Å².